The first kappa shape index (κ1) is 12.0. The van der Waals surface area contributed by atoms with E-state index in [1.807, 2.05) is 0 Å². The fourth-order valence-corrected chi connectivity index (χ4v) is 3.95. The van der Waals surface area contributed by atoms with Gasteiger partial charge >= 0.3 is 0 Å². The van der Waals surface area contributed by atoms with E-state index in [-0.39, 0.29) is 0 Å². The molecule has 2 aromatic rings. The van der Waals surface area contributed by atoms with Crippen LogP contribution in [-0.2, 0) is 0 Å². The summed E-state index contributed by atoms with van der Waals surface area (Å²) in [6.07, 6.45) is 0. The lowest BCUT2D eigenvalue weighted by Gasteiger charge is -2.12. The van der Waals surface area contributed by atoms with Gasteiger partial charge in [0.1, 0.15) is 0 Å². The quantitative estimate of drug-likeness (QED) is 0.548. The summed E-state index contributed by atoms with van der Waals surface area (Å²) in [6.45, 7) is 2.18. The molecular weight excluding hydrogens is 255 g/mol. The maximum atomic E-state index is 5.91. The average molecular weight is 268 g/mol. The lowest BCUT2D eigenvalue weighted by molar-refractivity contribution is 0.863. The van der Waals surface area contributed by atoms with Crippen LogP contribution in [0.5, 0.6) is 0 Å². The van der Waals surface area contributed by atoms with Crippen LogP contribution in [0.25, 0.3) is 10.8 Å². The van der Waals surface area contributed by atoms with Gasteiger partial charge in [-0.2, -0.15) is 0 Å². The predicted octanol–water partition coefficient (Wildman–Crippen LogP) is 4.91. The van der Waals surface area contributed by atoms with Gasteiger partial charge in [0.15, 0.2) is 0 Å². The van der Waals surface area contributed by atoms with Crippen molar-refractivity contribution in [2.24, 2.45) is 0 Å². The lowest BCUT2D eigenvalue weighted by atomic mass is 9.99. The Morgan fingerprint density at radius 1 is 1.06 bits per heavy atom. The summed E-state index contributed by atoms with van der Waals surface area (Å²) in [4.78, 5) is 0. The van der Waals surface area contributed by atoms with Crippen molar-refractivity contribution in [3.05, 3.63) is 48.0 Å². The second-order valence-corrected chi connectivity index (χ2v) is 8.45. The third-order valence-corrected chi connectivity index (χ3v) is 4.65. The molecule has 83 valence electrons. The monoisotopic (exact) mass is 267 g/mol. The Labute approximate surface area is 107 Å². The molecule has 0 amide bonds. The van der Waals surface area contributed by atoms with Crippen LogP contribution in [0.2, 0.25) is 6.04 Å². The van der Waals surface area contributed by atoms with E-state index in [1.54, 1.807) is 0 Å². The first-order valence-corrected chi connectivity index (χ1v) is 9.05. The van der Waals surface area contributed by atoms with Gasteiger partial charge in [0.2, 0.25) is 0 Å². The molecule has 0 N–H and O–H groups in total. The molecule has 1 radical (unpaired) electrons. The minimum atomic E-state index is -1.19. The van der Waals surface area contributed by atoms with Gasteiger partial charge in [-0.15, -0.1) is 22.2 Å². The standard InChI is InChI=1S/C13H13Cl2Si/c1-10(9-16(14)15)12-7-6-11-4-2-3-5-13(11)8-12/h2-8,10H,9H2,1H3. The second kappa shape index (κ2) is 5.22. The van der Waals surface area contributed by atoms with E-state index in [0.717, 1.165) is 6.04 Å². The van der Waals surface area contributed by atoms with E-state index in [0.29, 0.717) is 5.92 Å². The Morgan fingerprint density at radius 3 is 2.44 bits per heavy atom. The van der Waals surface area contributed by atoms with Crippen molar-refractivity contribution in [3.63, 3.8) is 0 Å². The number of hydrogen-bond donors (Lipinski definition) is 0. The minimum Gasteiger partial charge on any atom is -0.147 e. The number of fused-ring (bicyclic) bond motifs is 1. The summed E-state index contributed by atoms with van der Waals surface area (Å²) < 4.78 is 0. The van der Waals surface area contributed by atoms with Crippen molar-refractivity contribution in [2.75, 3.05) is 0 Å². The molecule has 0 spiro atoms. The fraction of sp³-hybridized carbons (Fsp3) is 0.231. The highest BCUT2D eigenvalue weighted by Gasteiger charge is 2.12. The van der Waals surface area contributed by atoms with Gasteiger partial charge in [0.25, 0.3) is 7.42 Å². The van der Waals surface area contributed by atoms with Gasteiger partial charge < -0.3 is 0 Å². The third kappa shape index (κ3) is 2.79. The molecule has 1 unspecified atom stereocenters. The van der Waals surface area contributed by atoms with Crippen molar-refractivity contribution in [3.8, 4) is 0 Å². The van der Waals surface area contributed by atoms with Gasteiger partial charge in [-0.3, -0.25) is 0 Å². The molecule has 3 heteroatoms. The molecule has 0 aliphatic heterocycles. The molecule has 0 saturated carbocycles. The van der Waals surface area contributed by atoms with Crippen LogP contribution < -0.4 is 0 Å². The lowest BCUT2D eigenvalue weighted by Crippen LogP contribution is -2.01. The zero-order chi connectivity index (χ0) is 11.5. The van der Waals surface area contributed by atoms with Crippen LogP contribution in [0.3, 0.4) is 0 Å². The highest BCUT2D eigenvalue weighted by Crippen LogP contribution is 2.26. The van der Waals surface area contributed by atoms with Crippen LogP contribution in [0.1, 0.15) is 18.4 Å². The maximum Gasteiger partial charge on any atom is 0.274 e. The molecule has 16 heavy (non-hydrogen) atoms. The van der Waals surface area contributed by atoms with Gasteiger partial charge in [-0.25, -0.2) is 0 Å². The van der Waals surface area contributed by atoms with Gasteiger partial charge in [0, 0.05) is 0 Å². The molecule has 0 aromatic heterocycles. The van der Waals surface area contributed by atoms with Crippen molar-refractivity contribution in [1.82, 2.24) is 0 Å². The molecule has 0 bridgehead atoms. The largest absolute Gasteiger partial charge is 0.274 e. The molecule has 0 aliphatic rings. The summed E-state index contributed by atoms with van der Waals surface area (Å²) >= 11 is 11.8. The molecular formula is C13H13Cl2Si. The Bertz CT molecular complexity index is 482. The summed E-state index contributed by atoms with van der Waals surface area (Å²) in [5.41, 5.74) is 1.32. The first-order chi connectivity index (χ1) is 7.66. The molecule has 0 fully saturated rings. The molecule has 2 rings (SSSR count). The average Bonchev–Trinajstić information content (AvgIpc) is 2.27. The number of benzene rings is 2. The number of halogens is 2. The van der Waals surface area contributed by atoms with Gasteiger partial charge in [-0.1, -0.05) is 49.4 Å². The van der Waals surface area contributed by atoms with Crippen LogP contribution in [0.15, 0.2) is 42.5 Å². The summed E-state index contributed by atoms with van der Waals surface area (Å²) in [5, 5.41) is 2.56. The Kier molecular flexibility index (Phi) is 3.90. The van der Waals surface area contributed by atoms with E-state index >= 15 is 0 Å². The Balaban J connectivity index is 2.32. The zero-order valence-electron chi connectivity index (χ0n) is 9.08. The van der Waals surface area contributed by atoms with E-state index in [9.17, 15) is 0 Å². The summed E-state index contributed by atoms with van der Waals surface area (Å²) in [7, 11) is -1.19. The van der Waals surface area contributed by atoms with E-state index in [4.69, 9.17) is 22.2 Å². The number of hydrogen-bond acceptors (Lipinski definition) is 0. The van der Waals surface area contributed by atoms with Crippen LogP contribution in [0, 0.1) is 0 Å². The normalized spacial score (nSPS) is 13.2. The van der Waals surface area contributed by atoms with Crippen molar-refractivity contribution < 1.29 is 0 Å². The first-order valence-electron chi connectivity index (χ1n) is 5.32. The third-order valence-electron chi connectivity index (χ3n) is 2.80. The minimum absolute atomic E-state index is 0.438. The predicted molar refractivity (Wildman–Crippen MR) is 74.6 cm³/mol. The van der Waals surface area contributed by atoms with E-state index < -0.39 is 7.42 Å². The molecule has 0 heterocycles. The maximum absolute atomic E-state index is 5.91. The van der Waals surface area contributed by atoms with Crippen molar-refractivity contribution in [1.29, 1.82) is 0 Å². The van der Waals surface area contributed by atoms with Crippen LogP contribution in [-0.4, -0.2) is 7.42 Å². The summed E-state index contributed by atoms with van der Waals surface area (Å²) in [6, 6.07) is 15.9. The molecule has 1 atom stereocenters. The van der Waals surface area contributed by atoms with Crippen LogP contribution in [0.4, 0.5) is 0 Å². The van der Waals surface area contributed by atoms with Gasteiger partial charge in [0.05, 0.1) is 0 Å². The van der Waals surface area contributed by atoms with E-state index in [1.165, 1.54) is 16.3 Å². The zero-order valence-corrected chi connectivity index (χ0v) is 11.6. The molecule has 2 aromatic carbocycles. The summed E-state index contributed by atoms with van der Waals surface area (Å²) in [5.74, 6) is 0.438. The SMILES string of the molecule is CC(C[Si](Cl)Cl)c1ccc2ccccc2c1. The Morgan fingerprint density at radius 2 is 1.75 bits per heavy atom. The second-order valence-electron chi connectivity index (χ2n) is 4.05. The fourth-order valence-electron chi connectivity index (χ4n) is 1.86. The van der Waals surface area contributed by atoms with Gasteiger partial charge in [-0.05, 0) is 28.3 Å². The Hall–Kier alpha value is -0.503. The molecule has 0 saturated heterocycles. The van der Waals surface area contributed by atoms with E-state index in [2.05, 4.69) is 49.4 Å². The topological polar surface area (TPSA) is 0 Å². The van der Waals surface area contributed by atoms with Crippen molar-refractivity contribution >= 4 is 40.3 Å². The highest BCUT2D eigenvalue weighted by atomic mass is 35.7. The highest BCUT2D eigenvalue weighted by molar-refractivity contribution is 7.33. The molecule has 0 aliphatic carbocycles. The molecule has 0 nitrogen and oxygen atoms in total. The van der Waals surface area contributed by atoms with Crippen LogP contribution >= 0.6 is 22.2 Å². The van der Waals surface area contributed by atoms with Crippen molar-refractivity contribution in [2.45, 2.75) is 18.9 Å². The smallest absolute Gasteiger partial charge is 0.147 e. The number of rotatable bonds is 3.